The van der Waals surface area contributed by atoms with E-state index in [1.165, 1.54) is 0 Å². The molecule has 0 aliphatic heterocycles. The van der Waals surface area contributed by atoms with Crippen LogP contribution in [-0.2, 0) is 11.8 Å². The molecule has 25 heavy (non-hydrogen) atoms. The van der Waals surface area contributed by atoms with Gasteiger partial charge in [0, 0.05) is 0 Å². The van der Waals surface area contributed by atoms with Gasteiger partial charge in [0.05, 0.1) is 0 Å². The van der Waals surface area contributed by atoms with Crippen LogP contribution < -0.4 is 0 Å². The second-order valence-corrected chi connectivity index (χ2v) is 7.90. The Hall–Kier alpha value is -2.22. The lowest BCUT2D eigenvalue weighted by molar-refractivity contribution is 0.446. The predicted octanol–water partition coefficient (Wildman–Crippen LogP) is 6.14. The molecule has 0 aliphatic rings. The van der Waals surface area contributed by atoms with Gasteiger partial charge in [-0.3, -0.25) is 0 Å². The molecule has 0 saturated carbocycles. The summed E-state index contributed by atoms with van der Waals surface area (Å²) < 4.78 is 0. The molecule has 2 aromatic rings. The van der Waals surface area contributed by atoms with E-state index >= 15 is 0 Å². The molecule has 0 radical (unpaired) electrons. The fourth-order valence-corrected chi connectivity index (χ4v) is 3.11. The van der Waals surface area contributed by atoms with Crippen molar-refractivity contribution in [2.24, 2.45) is 0 Å². The van der Waals surface area contributed by atoms with Crippen LogP contribution in [0.1, 0.15) is 67.5 Å². The highest BCUT2D eigenvalue weighted by atomic mass is 16.3. The van der Waals surface area contributed by atoms with E-state index in [1.807, 2.05) is 26.0 Å². The fraction of sp³-hybridized carbons (Fsp3) is 0.391. The van der Waals surface area contributed by atoms with E-state index in [4.69, 9.17) is 0 Å². The van der Waals surface area contributed by atoms with Crippen molar-refractivity contribution in [1.82, 2.24) is 0 Å². The van der Waals surface area contributed by atoms with Crippen LogP contribution in [0.3, 0.4) is 0 Å². The lowest BCUT2D eigenvalue weighted by atomic mass is 9.84. The van der Waals surface area contributed by atoms with Crippen LogP contribution in [0.2, 0.25) is 0 Å². The molecule has 2 heteroatoms. The van der Waals surface area contributed by atoms with Gasteiger partial charge in [-0.25, -0.2) is 0 Å². The summed E-state index contributed by atoms with van der Waals surface area (Å²) in [5.74, 6) is 0.766. The van der Waals surface area contributed by atoms with Crippen LogP contribution in [-0.4, -0.2) is 10.2 Å². The van der Waals surface area contributed by atoms with Crippen molar-refractivity contribution in [3.63, 3.8) is 0 Å². The molecule has 2 aromatic carbocycles. The van der Waals surface area contributed by atoms with Gasteiger partial charge >= 0.3 is 0 Å². The monoisotopic (exact) mass is 338 g/mol. The third kappa shape index (κ3) is 4.45. The van der Waals surface area contributed by atoms with Gasteiger partial charge in [-0.2, -0.15) is 0 Å². The fourth-order valence-electron chi connectivity index (χ4n) is 3.11. The smallest absolute Gasteiger partial charge is 0.121 e. The average Bonchev–Trinajstić information content (AvgIpc) is 2.50. The Morgan fingerprint density at radius 1 is 0.920 bits per heavy atom. The number of phenols is 2. The molecule has 0 aliphatic carbocycles. The van der Waals surface area contributed by atoms with Gasteiger partial charge in [0.2, 0.25) is 0 Å². The summed E-state index contributed by atoms with van der Waals surface area (Å²) in [5.41, 5.74) is 5.99. The predicted molar refractivity (Wildman–Crippen MR) is 107 cm³/mol. The third-order valence-corrected chi connectivity index (χ3v) is 4.57. The number of benzene rings is 2. The van der Waals surface area contributed by atoms with Crippen LogP contribution in [0.15, 0.2) is 24.3 Å². The van der Waals surface area contributed by atoms with Gasteiger partial charge < -0.3 is 10.2 Å². The Labute approximate surface area is 151 Å². The molecule has 0 aromatic heterocycles. The molecule has 0 heterocycles. The molecule has 0 atom stereocenters. The summed E-state index contributed by atoms with van der Waals surface area (Å²) in [6, 6.07) is 7.97. The van der Waals surface area contributed by atoms with Crippen molar-refractivity contribution in [3.05, 3.63) is 57.6 Å². The molecule has 2 nitrogen and oxygen atoms in total. The minimum Gasteiger partial charge on any atom is -0.508 e. The Kier molecular flexibility index (Phi) is 5.62. The largest absolute Gasteiger partial charge is 0.508 e. The van der Waals surface area contributed by atoms with Gasteiger partial charge in [0.1, 0.15) is 11.5 Å². The van der Waals surface area contributed by atoms with E-state index in [0.717, 1.165) is 46.2 Å². The maximum absolute atomic E-state index is 10.2. The molecule has 134 valence electrons. The maximum atomic E-state index is 10.2. The SMILES string of the molecule is CCCc1cc(C=Cc2cc(C(C)(C)C)c(O)cc2C)cc(C)c1O. The first kappa shape index (κ1) is 19.1. The maximum Gasteiger partial charge on any atom is 0.121 e. The Morgan fingerprint density at radius 2 is 1.60 bits per heavy atom. The standard InChI is InChI=1S/C23H30O2/c1-7-8-19-13-17(11-16(3)22(19)25)9-10-18-14-20(23(4,5)6)21(24)12-15(18)2/h9-14,24-25H,7-8H2,1-6H3. The summed E-state index contributed by atoms with van der Waals surface area (Å²) in [6.07, 6.45) is 6.05. The van der Waals surface area contributed by atoms with Gasteiger partial charge in [0.25, 0.3) is 0 Å². The van der Waals surface area contributed by atoms with Crippen molar-refractivity contribution in [2.75, 3.05) is 0 Å². The third-order valence-electron chi connectivity index (χ3n) is 4.57. The summed E-state index contributed by atoms with van der Waals surface area (Å²) in [6.45, 7) is 12.4. The molecule has 2 rings (SSSR count). The van der Waals surface area contributed by atoms with Gasteiger partial charge in [-0.1, -0.05) is 46.3 Å². The first-order chi connectivity index (χ1) is 11.6. The van der Waals surface area contributed by atoms with E-state index in [2.05, 4.69) is 52.0 Å². The normalized spacial score (nSPS) is 12.1. The zero-order chi connectivity index (χ0) is 18.8. The van der Waals surface area contributed by atoms with Crippen LogP contribution in [0, 0.1) is 13.8 Å². The van der Waals surface area contributed by atoms with Crippen molar-refractivity contribution < 1.29 is 10.2 Å². The molecule has 0 spiro atoms. The van der Waals surface area contributed by atoms with Crippen molar-refractivity contribution in [3.8, 4) is 11.5 Å². The van der Waals surface area contributed by atoms with E-state index in [-0.39, 0.29) is 5.41 Å². The van der Waals surface area contributed by atoms with E-state index < -0.39 is 0 Å². The molecule has 0 amide bonds. The average molecular weight is 338 g/mol. The number of hydrogen-bond donors (Lipinski definition) is 2. The lowest BCUT2D eigenvalue weighted by Crippen LogP contribution is -2.11. The first-order valence-corrected chi connectivity index (χ1v) is 8.98. The minimum absolute atomic E-state index is 0.107. The molecule has 0 saturated heterocycles. The Morgan fingerprint density at radius 3 is 2.20 bits per heavy atom. The second-order valence-electron chi connectivity index (χ2n) is 7.90. The number of aryl methyl sites for hydroxylation is 3. The quantitative estimate of drug-likeness (QED) is 0.658. The van der Waals surface area contributed by atoms with E-state index in [0.29, 0.717) is 11.5 Å². The molecule has 0 bridgehead atoms. The Bertz CT molecular complexity index is 793. The van der Waals surface area contributed by atoms with Crippen molar-refractivity contribution in [2.45, 2.75) is 59.8 Å². The minimum atomic E-state index is -0.107. The van der Waals surface area contributed by atoms with E-state index in [1.54, 1.807) is 0 Å². The van der Waals surface area contributed by atoms with Crippen LogP contribution in [0.4, 0.5) is 0 Å². The number of aromatic hydroxyl groups is 2. The van der Waals surface area contributed by atoms with Crippen LogP contribution in [0.5, 0.6) is 11.5 Å². The number of phenolic OH excluding ortho intramolecular Hbond substituents is 2. The summed E-state index contributed by atoms with van der Waals surface area (Å²) in [7, 11) is 0. The lowest BCUT2D eigenvalue weighted by Gasteiger charge is -2.21. The summed E-state index contributed by atoms with van der Waals surface area (Å²) >= 11 is 0. The van der Waals surface area contributed by atoms with Gasteiger partial charge in [-0.05, 0) is 83.3 Å². The number of hydrogen-bond acceptors (Lipinski definition) is 2. The van der Waals surface area contributed by atoms with Crippen LogP contribution >= 0.6 is 0 Å². The van der Waals surface area contributed by atoms with Gasteiger partial charge in [0.15, 0.2) is 0 Å². The van der Waals surface area contributed by atoms with E-state index in [9.17, 15) is 10.2 Å². The molecule has 0 fully saturated rings. The topological polar surface area (TPSA) is 40.5 Å². The van der Waals surface area contributed by atoms with Crippen molar-refractivity contribution in [1.29, 1.82) is 0 Å². The number of rotatable bonds is 4. The van der Waals surface area contributed by atoms with Crippen molar-refractivity contribution >= 4 is 12.2 Å². The summed E-state index contributed by atoms with van der Waals surface area (Å²) in [5, 5.41) is 20.4. The zero-order valence-corrected chi connectivity index (χ0v) is 16.3. The van der Waals surface area contributed by atoms with Gasteiger partial charge in [-0.15, -0.1) is 0 Å². The Balaban J connectivity index is 2.43. The molecular weight excluding hydrogens is 308 g/mol. The summed E-state index contributed by atoms with van der Waals surface area (Å²) in [4.78, 5) is 0. The molecule has 2 N–H and O–H groups in total. The zero-order valence-electron chi connectivity index (χ0n) is 16.3. The second kappa shape index (κ2) is 7.35. The van der Waals surface area contributed by atoms with Crippen LogP contribution in [0.25, 0.3) is 12.2 Å². The highest BCUT2D eigenvalue weighted by Crippen LogP contribution is 2.33. The first-order valence-electron chi connectivity index (χ1n) is 8.98. The highest BCUT2D eigenvalue weighted by Gasteiger charge is 2.19. The molecule has 0 unspecified atom stereocenters. The molecular formula is C23H30O2. The highest BCUT2D eigenvalue weighted by molar-refractivity contribution is 5.73.